The van der Waals surface area contributed by atoms with Crippen molar-refractivity contribution in [3.05, 3.63) is 48.6 Å². The molecule has 0 aromatic carbocycles. The number of allylic oxidation sites excluding steroid dienone is 7. The van der Waals surface area contributed by atoms with E-state index in [-0.39, 0.29) is 26.1 Å². The van der Waals surface area contributed by atoms with Gasteiger partial charge in [0.15, 0.2) is 6.10 Å². The summed E-state index contributed by atoms with van der Waals surface area (Å²) < 4.78 is 33.7. The number of phosphoric ester groups is 1. The summed E-state index contributed by atoms with van der Waals surface area (Å²) in [5.74, 6) is -1.03. The fourth-order valence-electron chi connectivity index (χ4n) is 5.88. The Labute approximate surface area is 348 Å². The lowest BCUT2D eigenvalue weighted by Crippen LogP contribution is -2.37. The van der Waals surface area contributed by atoms with Crippen molar-refractivity contribution in [3.8, 4) is 0 Å². The van der Waals surface area contributed by atoms with Gasteiger partial charge < -0.3 is 33.0 Å². The van der Waals surface area contributed by atoms with Crippen molar-refractivity contribution in [1.29, 1.82) is 0 Å². The Bertz CT molecular complexity index is 1130. The van der Waals surface area contributed by atoms with Gasteiger partial charge in [-0.05, 0) is 44.9 Å². The summed E-state index contributed by atoms with van der Waals surface area (Å²) in [6.07, 6.45) is 40.2. The van der Waals surface area contributed by atoms with Crippen LogP contribution in [0, 0.1) is 0 Å². The summed E-state index contributed by atoms with van der Waals surface area (Å²) in [6, 6.07) is 0. The van der Waals surface area contributed by atoms with Crippen LogP contribution in [0.15, 0.2) is 48.6 Å². The molecule has 0 rings (SSSR count). The summed E-state index contributed by atoms with van der Waals surface area (Å²) in [7, 11) is 1.06. The summed E-state index contributed by atoms with van der Waals surface area (Å²) in [5, 5.41) is 10.3. The van der Waals surface area contributed by atoms with Gasteiger partial charge in [0, 0.05) is 12.8 Å². The van der Waals surface area contributed by atoms with Crippen molar-refractivity contribution in [1.82, 2.24) is 0 Å². The lowest BCUT2D eigenvalue weighted by atomic mass is 10.0. The van der Waals surface area contributed by atoms with Gasteiger partial charge in [-0.3, -0.25) is 14.2 Å². The predicted molar refractivity (Wildman–Crippen MR) is 233 cm³/mol. The maximum absolute atomic E-state index is 12.7. The molecule has 57 heavy (non-hydrogen) atoms. The molecule has 0 aliphatic heterocycles. The third-order valence-electron chi connectivity index (χ3n) is 9.46. The SMILES string of the molecule is CCCCC/C=C\C/C=C\C/C=C\C=C\[C@@H](O)CCCC(=O)OC[C@H](COP(=O)([O-])OCC[N+](C)(C)C)OC(=O)CCCCCCCCCCCCCCCCC. The van der Waals surface area contributed by atoms with Crippen LogP contribution in [0.2, 0.25) is 0 Å². The van der Waals surface area contributed by atoms with E-state index in [4.69, 9.17) is 18.5 Å². The molecule has 0 aromatic rings. The van der Waals surface area contributed by atoms with Crippen LogP contribution in [-0.2, 0) is 32.7 Å². The van der Waals surface area contributed by atoms with E-state index in [1.54, 1.807) is 12.2 Å². The average Bonchev–Trinajstić information content (AvgIpc) is 3.15. The number of esters is 2. The highest BCUT2D eigenvalue weighted by molar-refractivity contribution is 7.45. The largest absolute Gasteiger partial charge is 0.756 e. The first-order valence-electron chi connectivity index (χ1n) is 22.5. The van der Waals surface area contributed by atoms with Crippen molar-refractivity contribution in [2.24, 2.45) is 0 Å². The van der Waals surface area contributed by atoms with E-state index in [9.17, 15) is 24.2 Å². The minimum Gasteiger partial charge on any atom is -0.756 e. The number of aliphatic hydroxyl groups is 1. The Morgan fingerprint density at radius 3 is 1.77 bits per heavy atom. The number of rotatable bonds is 40. The lowest BCUT2D eigenvalue weighted by molar-refractivity contribution is -0.870. The van der Waals surface area contributed by atoms with Gasteiger partial charge in [0.05, 0.1) is 33.9 Å². The number of likely N-dealkylation sites (N-methyl/N-ethyl adjacent to an activating group) is 1. The molecule has 0 bridgehead atoms. The Morgan fingerprint density at radius 2 is 1.18 bits per heavy atom. The third kappa shape index (κ3) is 41.9. The molecule has 10 nitrogen and oxygen atoms in total. The van der Waals surface area contributed by atoms with E-state index in [0.717, 1.165) is 38.5 Å². The molecule has 0 saturated carbocycles. The maximum atomic E-state index is 12.7. The second-order valence-electron chi connectivity index (χ2n) is 16.3. The number of hydrogen-bond donors (Lipinski definition) is 1. The molecule has 0 aliphatic rings. The summed E-state index contributed by atoms with van der Waals surface area (Å²) in [5.41, 5.74) is 0. The molecule has 0 radical (unpaired) electrons. The monoisotopic (exact) mass is 826 g/mol. The molecule has 0 heterocycles. The van der Waals surface area contributed by atoms with Crippen molar-refractivity contribution >= 4 is 19.8 Å². The Balaban J connectivity index is 4.53. The van der Waals surface area contributed by atoms with Crippen LogP contribution in [0.5, 0.6) is 0 Å². The Hall–Kier alpha value is -2.07. The second kappa shape index (κ2) is 38.2. The molecular weight excluding hydrogens is 741 g/mol. The van der Waals surface area contributed by atoms with Crippen LogP contribution in [-0.4, -0.2) is 81.2 Å². The molecular formula is C46H84NO9P. The molecule has 332 valence electrons. The number of carbonyl (C=O) groups is 2. The van der Waals surface area contributed by atoms with E-state index in [0.29, 0.717) is 30.3 Å². The molecule has 0 aliphatic carbocycles. The first-order chi connectivity index (χ1) is 27.4. The third-order valence-corrected chi connectivity index (χ3v) is 10.4. The molecule has 0 saturated heterocycles. The highest BCUT2D eigenvalue weighted by Crippen LogP contribution is 2.38. The number of hydrogen-bond acceptors (Lipinski definition) is 9. The van der Waals surface area contributed by atoms with Crippen LogP contribution >= 0.6 is 7.82 Å². The number of aliphatic hydroxyl groups excluding tert-OH is 1. The average molecular weight is 826 g/mol. The summed E-state index contributed by atoms with van der Waals surface area (Å²) in [6.45, 7) is 3.98. The smallest absolute Gasteiger partial charge is 0.306 e. The van der Waals surface area contributed by atoms with E-state index in [2.05, 4.69) is 38.2 Å². The summed E-state index contributed by atoms with van der Waals surface area (Å²) >= 11 is 0. The van der Waals surface area contributed by atoms with Crippen molar-refractivity contribution < 1.29 is 47.2 Å². The van der Waals surface area contributed by atoms with Crippen molar-refractivity contribution in [2.75, 3.05) is 47.5 Å². The zero-order chi connectivity index (χ0) is 42.3. The van der Waals surface area contributed by atoms with Gasteiger partial charge in [-0.1, -0.05) is 165 Å². The van der Waals surface area contributed by atoms with Gasteiger partial charge >= 0.3 is 11.9 Å². The lowest BCUT2D eigenvalue weighted by Gasteiger charge is -2.28. The van der Waals surface area contributed by atoms with Crippen molar-refractivity contribution in [2.45, 2.75) is 187 Å². The molecule has 0 aromatic heterocycles. The second-order valence-corrected chi connectivity index (χ2v) is 17.7. The van der Waals surface area contributed by atoms with E-state index in [1.807, 2.05) is 33.3 Å². The van der Waals surface area contributed by atoms with E-state index < -0.39 is 38.6 Å². The predicted octanol–water partition coefficient (Wildman–Crippen LogP) is 11.0. The molecule has 3 atom stereocenters. The Morgan fingerprint density at radius 1 is 0.649 bits per heavy atom. The fraction of sp³-hybridized carbons (Fsp3) is 0.783. The quantitative estimate of drug-likeness (QED) is 0.0160. The number of phosphoric acid groups is 1. The number of ether oxygens (including phenoxy) is 2. The molecule has 1 N–H and O–H groups in total. The van der Waals surface area contributed by atoms with Gasteiger partial charge in [-0.15, -0.1) is 0 Å². The number of nitrogens with zero attached hydrogens (tertiary/aromatic N) is 1. The minimum atomic E-state index is -4.67. The molecule has 1 unspecified atom stereocenters. The highest BCUT2D eigenvalue weighted by Gasteiger charge is 2.22. The van der Waals surface area contributed by atoms with Gasteiger partial charge in [0.2, 0.25) is 0 Å². The molecule has 0 amide bonds. The highest BCUT2D eigenvalue weighted by atomic mass is 31.2. The van der Waals surface area contributed by atoms with Crippen LogP contribution in [0.1, 0.15) is 174 Å². The van der Waals surface area contributed by atoms with Gasteiger partial charge in [0.25, 0.3) is 7.82 Å². The first kappa shape index (κ1) is 54.9. The van der Waals surface area contributed by atoms with Gasteiger partial charge in [-0.25, -0.2) is 0 Å². The fourth-order valence-corrected chi connectivity index (χ4v) is 6.60. The van der Waals surface area contributed by atoms with Crippen LogP contribution in [0.4, 0.5) is 0 Å². The Kier molecular flexibility index (Phi) is 36.8. The molecule has 11 heteroatoms. The molecule has 0 fully saturated rings. The first-order valence-corrected chi connectivity index (χ1v) is 23.9. The van der Waals surface area contributed by atoms with E-state index in [1.165, 1.54) is 89.9 Å². The number of unbranched alkanes of at least 4 members (excludes halogenated alkanes) is 17. The summed E-state index contributed by atoms with van der Waals surface area (Å²) in [4.78, 5) is 37.6. The minimum absolute atomic E-state index is 0.0491. The van der Waals surface area contributed by atoms with E-state index >= 15 is 0 Å². The van der Waals surface area contributed by atoms with Crippen LogP contribution in [0.3, 0.4) is 0 Å². The van der Waals surface area contributed by atoms with Gasteiger partial charge in [0.1, 0.15) is 19.8 Å². The van der Waals surface area contributed by atoms with Crippen LogP contribution in [0.25, 0.3) is 0 Å². The topological polar surface area (TPSA) is 131 Å². The normalized spacial score (nSPS) is 14.6. The zero-order valence-electron chi connectivity index (χ0n) is 36.9. The number of quaternary nitrogens is 1. The zero-order valence-corrected chi connectivity index (χ0v) is 37.8. The van der Waals surface area contributed by atoms with Crippen molar-refractivity contribution in [3.63, 3.8) is 0 Å². The number of carbonyl (C=O) groups excluding carboxylic acids is 2. The van der Waals surface area contributed by atoms with Crippen LogP contribution < -0.4 is 4.89 Å². The maximum Gasteiger partial charge on any atom is 0.306 e. The molecule has 0 spiro atoms. The van der Waals surface area contributed by atoms with Gasteiger partial charge in [-0.2, -0.15) is 0 Å². The standard InChI is InChI=1S/C46H84NO9P/c1-6-8-10-12-14-16-18-20-21-23-25-27-29-31-33-37-46(50)56-44(42-55-57(51,52)54-40-39-47(3,4)5)41-53-45(49)38-34-36-43(48)35-32-30-28-26-24-22-19-17-15-13-11-9-7-2/h15,17,22,24,28,30,32,35,43-44,48H,6-14,16,18-21,23,25-27,29,31,33-34,36-42H2,1-5H3/b17-15-,24-22-,30-28-,35-32+/t43-,44-/m1/s1.